The number of carbonyl (C=O) groups is 1. The van der Waals surface area contributed by atoms with Gasteiger partial charge in [-0.25, -0.2) is 4.39 Å². The molecule has 0 saturated carbocycles. The lowest BCUT2D eigenvalue weighted by molar-refractivity contribution is -0.387. The molecule has 0 aliphatic carbocycles. The first-order chi connectivity index (χ1) is 9.31. The summed E-state index contributed by atoms with van der Waals surface area (Å²) < 4.78 is 27.6. The number of alkyl halides is 1. The Labute approximate surface area is 119 Å². The molecule has 1 rings (SSSR count). The van der Waals surface area contributed by atoms with Crippen LogP contribution in [0.2, 0.25) is 0 Å². The summed E-state index contributed by atoms with van der Waals surface area (Å²) in [5.74, 6) is -3.49. The van der Waals surface area contributed by atoms with Crippen LogP contribution in [0.25, 0.3) is 0 Å². The molecule has 0 atom stereocenters. The van der Waals surface area contributed by atoms with Gasteiger partial charge >= 0.3 is 5.69 Å². The first-order valence-electron chi connectivity index (χ1n) is 5.80. The molecule has 110 valence electrons. The van der Waals surface area contributed by atoms with Crippen molar-refractivity contribution in [3.63, 3.8) is 0 Å². The zero-order chi connectivity index (χ0) is 15.4. The van der Waals surface area contributed by atoms with Crippen molar-refractivity contribution >= 4 is 23.2 Å². The minimum atomic E-state index is -1.47. The summed E-state index contributed by atoms with van der Waals surface area (Å²) >= 11 is 5.54. The molecular weight excluding hydrogens is 294 g/mol. The lowest BCUT2D eigenvalue weighted by Gasteiger charge is -2.26. The number of carbonyl (C=O) groups excluding carboxylic acids is 1. The van der Waals surface area contributed by atoms with E-state index in [9.17, 15) is 23.7 Å². The molecular formula is C12H13ClF2N2O3. The number of benzene rings is 1. The Morgan fingerprint density at radius 3 is 2.50 bits per heavy atom. The monoisotopic (exact) mass is 306 g/mol. The Kier molecular flexibility index (Phi) is 5.38. The molecule has 1 aromatic carbocycles. The van der Waals surface area contributed by atoms with Crippen LogP contribution in [0.15, 0.2) is 12.1 Å². The van der Waals surface area contributed by atoms with Crippen LogP contribution in [-0.4, -0.2) is 34.2 Å². The smallest absolute Gasteiger partial charge is 0.305 e. The Bertz CT molecular complexity index is 538. The Morgan fingerprint density at radius 1 is 1.45 bits per heavy atom. The maximum atomic E-state index is 13.9. The molecule has 0 N–H and O–H groups in total. The van der Waals surface area contributed by atoms with Gasteiger partial charge in [-0.15, -0.1) is 11.6 Å². The highest BCUT2D eigenvalue weighted by Crippen LogP contribution is 2.24. The predicted molar refractivity (Wildman–Crippen MR) is 69.9 cm³/mol. The molecule has 0 spiro atoms. The topological polar surface area (TPSA) is 63.5 Å². The molecule has 1 aromatic rings. The van der Waals surface area contributed by atoms with Gasteiger partial charge in [0, 0.05) is 24.5 Å². The number of nitrogens with zero attached hydrogens (tertiary/aromatic N) is 2. The van der Waals surface area contributed by atoms with Crippen LogP contribution < -0.4 is 0 Å². The Balaban J connectivity index is 3.34. The maximum absolute atomic E-state index is 13.9. The number of hydrogen-bond acceptors (Lipinski definition) is 3. The normalized spacial score (nSPS) is 10.7. The van der Waals surface area contributed by atoms with Crippen molar-refractivity contribution in [2.75, 3.05) is 12.4 Å². The number of halogens is 3. The van der Waals surface area contributed by atoms with Crippen molar-refractivity contribution in [1.29, 1.82) is 0 Å². The van der Waals surface area contributed by atoms with Crippen molar-refractivity contribution in [2.24, 2.45) is 0 Å². The van der Waals surface area contributed by atoms with Gasteiger partial charge in [0.15, 0.2) is 0 Å². The van der Waals surface area contributed by atoms with Crippen LogP contribution in [0.1, 0.15) is 24.2 Å². The fraction of sp³-hybridized carbons (Fsp3) is 0.417. The van der Waals surface area contributed by atoms with E-state index in [-0.39, 0.29) is 18.5 Å². The maximum Gasteiger partial charge on any atom is 0.305 e. The van der Waals surface area contributed by atoms with Crippen LogP contribution in [0.3, 0.4) is 0 Å². The van der Waals surface area contributed by atoms with Gasteiger partial charge in [0.05, 0.1) is 4.92 Å². The fourth-order valence-corrected chi connectivity index (χ4v) is 1.89. The molecule has 20 heavy (non-hydrogen) atoms. The van der Waals surface area contributed by atoms with E-state index in [2.05, 4.69) is 0 Å². The molecule has 0 aliphatic heterocycles. The first kappa shape index (κ1) is 16.3. The highest BCUT2D eigenvalue weighted by atomic mass is 35.5. The zero-order valence-electron chi connectivity index (χ0n) is 10.9. The molecule has 0 heterocycles. The quantitative estimate of drug-likeness (QED) is 0.477. The van der Waals surface area contributed by atoms with Crippen molar-refractivity contribution in [2.45, 2.75) is 19.9 Å². The largest absolute Gasteiger partial charge is 0.335 e. The third-order valence-electron chi connectivity index (χ3n) is 2.69. The van der Waals surface area contributed by atoms with Crippen molar-refractivity contribution < 1.29 is 18.5 Å². The van der Waals surface area contributed by atoms with Gasteiger partial charge in [-0.05, 0) is 19.9 Å². The summed E-state index contributed by atoms with van der Waals surface area (Å²) in [5, 5.41) is 10.6. The molecule has 0 aliphatic rings. The number of rotatable bonds is 5. The minimum absolute atomic E-state index is 0.0830. The predicted octanol–water partition coefficient (Wildman–Crippen LogP) is 2.96. The number of amides is 1. The molecule has 1 amide bonds. The van der Waals surface area contributed by atoms with Gasteiger partial charge in [-0.1, -0.05) is 0 Å². The van der Waals surface area contributed by atoms with E-state index >= 15 is 0 Å². The van der Waals surface area contributed by atoms with E-state index in [0.717, 1.165) is 4.90 Å². The van der Waals surface area contributed by atoms with Gasteiger partial charge in [0.25, 0.3) is 5.91 Å². The molecule has 0 saturated heterocycles. The van der Waals surface area contributed by atoms with E-state index in [1.54, 1.807) is 13.8 Å². The zero-order valence-corrected chi connectivity index (χ0v) is 11.7. The van der Waals surface area contributed by atoms with E-state index in [0.29, 0.717) is 12.1 Å². The summed E-state index contributed by atoms with van der Waals surface area (Å²) in [6, 6.07) is 1.04. The summed E-state index contributed by atoms with van der Waals surface area (Å²) in [5.41, 5.74) is -1.87. The van der Waals surface area contributed by atoms with Gasteiger partial charge in [0.1, 0.15) is 11.4 Å². The van der Waals surface area contributed by atoms with Crippen LogP contribution in [0, 0.1) is 21.7 Å². The average molecular weight is 307 g/mol. The lowest BCUT2D eigenvalue weighted by atomic mass is 10.1. The van der Waals surface area contributed by atoms with Gasteiger partial charge < -0.3 is 4.90 Å². The summed E-state index contributed by atoms with van der Waals surface area (Å²) in [4.78, 5) is 22.9. The second kappa shape index (κ2) is 6.60. The average Bonchev–Trinajstić information content (AvgIpc) is 2.34. The van der Waals surface area contributed by atoms with E-state index in [1.165, 1.54) is 0 Å². The van der Waals surface area contributed by atoms with Crippen molar-refractivity contribution in [1.82, 2.24) is 4.90 Å². The minimum Gasteiger partial charge on any atom is -0.335 e. The summed E-state index contributed by atoms with van der Waals surface area (Å²) in [7, 11) is 0. The van der Waals surface area contributed by atoms with Crippen LogP contribution in [-0.2, 0) is 0 Å². The van der Waals surface area contributed by atoms with Crippen LogP contribution in [0.5, 0.6) is 0 Å². The SMILES string of the molecule is CC(C)N(CCCl)C(=O)c1c(F)ccc([N+](=O)[O-])c1F. The number of hydrogen-bond donors (Lipinski definition) is 0. The van der Waals surface area contributed by atoms with Gasteiger partial charge in [-0.3, -0.25) is 14.9 Å². The third-order valence-corrected chi connectivity index (χ3v) is 2.86. The Morgan fingerprint density at radius 2 is 2.05 bits per heavy atom. The van der Waals surface area contributed by atoms with Gasteiger partial charge in [0.2, 0.25) is 5.82 Å². The van der Waals surface area contributed by atoms with Crippen molar-refractivity contribution in [3.8, 4) is 0 Å². The molecule has 0 bridgehead atoms. The highest BCUT2D eigenvalue weighted by molar-refractivity contribution is 6.18. The second-order valence-electron chi connectivity index (χ2n) is 4.29. The molecule has 5 nitrogen and oxygen atoms in total. The molecule has 0 fully saturated rings. The van der Waals surface area contributed by atoms with E-state index in [1.807, 2.05) is 0 Å². The number of nitro groups is 1. The summed E-state index contributed by atoms with van der Waals surface area (Å²) in [6.07, 6.45) is 0. The van der Waals surface area contributed by atoms with Crippen LogP contribution >= 0.6 is 11.6 Å². The first-order valence-corrected chi connectivity index (χ1v) is 6.34. The standard InChI is InChI=1S/C12H13ClF2N2O3/c1-7(2)16(6-5-13)12(18)10-8(14)3-4-9(11(10)15)17(19)20/h3-4,7H,5-6H2,1-2H3. The third kappa shape index (κ3) is 3.22. The van der Waals surface area contributed by atoms with E-state index in [4.69, 9.17) is 11.6 Å². The molecule has 8 heteroatoms. The number of nitro benzene ring substituents is 1. The highest BCUT2D eigenvalue weighted by Gasteiger charge is 2.30. The molecule has 0 unspecified atom stereocenters. The van der Waals surface area contributed by atoms with Crippen molar-refractivity contribution in [3.05, 3.63) is 39.4 Å². The van der Waals surface area contributed by atoms with Gasteiger partial charge in [-0.2, -0.15) is 4.39 Å². The lowest BCUT2D eigenvalue weighted by Crippen LogP contribution is -2.39. The molecule has 0 radical (unpaired) electrons. The fourth-order valence-electron chi connectivity index (χ4n) is 1.71. The Hall–Kier alpha value is -1.76. The molecule has 0 aromatic heterocycles. The van der Waals surface area contributed by atoms with E-state index < -0.39 is 33.7 Å². The van der Waals surface area contributed by atoms with Crippen LogP contribution in [0.4, 0.5) is 14.5 Å². The second-order valence-corrected chi connectivity index (χ2v) is 4.67. The summed E-state index contributed by atoms with van der Waals surface area (Å²) in [6.45, 7) is 3.38.